The van der Waals surface area contributed by atoms with E-state index in [-0.39, 0.29) is 0 Å². The van der Waals surface area contributed by atoms with E-state index >= 15 is 0 Å². The van der Waals surface area contributed by atoms with Gasteiger partial charge < -0.3 is 60.9 Å². The lowest BCUT2D eigenvalue weighted by molar-refractivity contribution is -0.189. The van der Waals surface area contributed by atoms with E-state index in [1.54, 1.807) is 0 Å². The molecule has 14 heteroatoms. The average Bonchev–Trinajstić information content (AvgIpc) is 2.85. The maximum Gasteiger partial charge on any atom is 0.219 e. The van der Waals surface area contributed by atoms with Crippen LogP contribution >= 0.6 is 0 Å². The molecule has 1 aliphatic heterocycles. The Kier molecular flexibility index (Phi) is 10.1. The lowest BCUT2D eigenvalue weighted by atomic mass is 9.70. The van der Waals surface area contributed by atoms with Gasteiger partial charge in [-0.05, 0) is 19.4 Å². The SMILES string of the molecule is C/C=C/C(O)=C1C(=O)C(O)(C(O)C(O)C(O)C(O)CCO)C(=O)C(C(O)C2OCC(O)C(C)C2O)=C1O. The minimum absolute atomic E-state index is 0.409. The number of hydrogen-bond acceptors (Lipinski definition) is 14. The van der Waals surface area contributed by atoms with Crippen LogP contribution < -0.4 is 0 Å². The van der Waals surface area contributed by atoms with Crippen LogP contribution in [0.3, 0.4) is 0 Å². The maximum atomic E-state index is 13.4. The Morgan fingerprint density at radius 1 is 1.11 bits per heavy atom. The third-order valence-corrected chi connectivity index (χ3v) is 6.71. The molecule has 0 spiro atoms. The van der Waals surface area contributed by atoms with E-state index < -0.39 is 114 Å². The van der Waals surface area contributed by atoms with Gasteiger partial charge in [0.2, 0.25) is 17.2 Å². The first-order chi connectivity index (χ1) is 17.2. The number of aliphatic hydroxyl groups is 11. The molecule has 0 aromatic carbocycles. The highest BCUT2D eigenvalue weighted by Gasteiger charge is 2.62. The van der Waals surface area contributed by atoms with Crippen LogP contribution in [0.4, 0.5) is 0 Å². The second-order valence-electron chi connectivity index (χ2n) is 9.11. The summed E-state index contributed by atoms with van der Waals surface area (Å²) in [7, 11) is 0. The van der Waals surface area contributed by atoms with Crippen molar-refractivity contribution < 1.29 is 70.5 Å². The van der Waals surface area contributed by atoms with Crippen molar-refractivity contribution in [3.8, 4) is 0 Å². The smallest absolute Gasteiger partial charge is 0.219 e. The van der Waals surface area contributed by atoms with E-state index in [1.807, 2.05) is 0 Å². The van der Waals surface area contributed by atoms with Crippen LogP contribution in [0.15, 0.2) is 34.8 Å². The van der Waals surface area contributed by atoms with Crippen molar-refractivity contribution in [2.45, 2.75) is 74.7 Å². The highest BCUT2D eigenvalue weighted by Crippen LogP contribution is 2.39. The zero-order valence-electron chi connectivity index (χ0n) is 20.1. The Morgan fingerprint density at radius 2 is 1.70 bits per heavy atom. The molecule has 2 rings (SSSR count). The molecule has 14 nitrogen and oxygen atoms in total. The molecule has 0 radical (unpaired) electrons. The Balaban J connectivity index is 2.68. The molecule has 37 heavy (non-hydrogen) atoms. The standard InChI is InChI=1S/C23H34O14/c1-3-4-9(25)12-16(30)13(17(31)19-14(28)8(2)11(27)7-37-19)21(34)23(36,20(12)33)22(35)18(32)15(29)10(26)5-6-24/h3-4,8,10-11,14-15,17-19,22,24-32,35-36H,5-7H2,1-2H3/b4-3+,12-9?. The van der Waals surface area contributed by atoms with E-state index in [0.717, 1.165) is 6.08 Å². The summed E-state index contributed by atoms with van der Waals surface area (Å²) in [5.74, 6) is -6.90. The van der Waals surface area contributed by atoms with Crippen LogP contribution in [-0.2, 0) is 14.3 Å². The fourth-order valence-electron chi connectivity index (χ4n) is 4.26. The number of aliphatic hydroxyl groups excluding tert-OH is 10. The van der Waals surface area contributed by atoms with Crippen molar-refractivity contribution in [3.05, 3.63) is 34.8 Å². The Morgan fingerprint density at radius 3 is 2.24 bits per heavy atom. The second-order valence-corrected chi connectivity index (χ2v) is 9.11. The van der Waals surface area contributed by atoms with Crippen LogP contribution in [0.2, 0.25) is 0 Å². The van der Waals surface area contributed by atoms with Crippen molar-refractivity contribution in [3.63, 3.8) is 0 Å². The maximum absolute atomic E-state index is 13.4. The number of ether oxygens (including phenoxy) is 1. The van der Waals surface area contributed by atoms with Crippen molar-refractivity contribution in [2.75, 3.05) is 13.2 Å². The van der Waals surface area contributed by atoms with Gasteiger partial charge in [0.1, 0.15) is 47.6 Å². The zero-order valence-corrected chi connectivity index (χ0v) is 20.1. The quantitative estimate of drug-likeness (QED) is 0.0765. The summed E-state index contributed by atoms with van der Waals surface area (Å²) in [5, 5.41) is 114. The number of hydrogen-bond donors (Lipinski definition) is 11. The highest BCUT2D eigenvalue weighted by atomic mass is 16.5. The molecule has 0 bridgehead atoms. The normalized spacial score (nSPS) is 34.9. The first kappa shape index (κ1) is 31.0. The summed E-state index contributed by atoms with van der Waals surface area (Å²) >= 11 is 0. The molecule has 1 aliphatic carbocycles. The third-order valence-electron chi connectivity index (χ3n) is 6.71. The summed E-state index contributed by atoms with van der Waals surface area (Å²) in [5.41, 5.74) is -6.06. The van der Waals surface area contributed by atoms with Crippen LogP contribution in [0.5, 0.6) is 0 Å². The van der Waals surface area contributed by atoms with Crippen LogP contribution in [0, 0.1) is 5.92 Å². The molecule has 1 saturated heterocycles. The number of rotatable bonds is 9. The van der Waals surface area contributed by atoms with Gasteiger partial charge in [0.05, 0.1) is 30.5 Å². The van der Waals surface area contributed by atoms with E-state index in [1.165, 1.54) is 19.9 Å². The van der Waals surface area contributed by atoms with Crippen molar-refractivity contribution >= 4 is 11.6 Å². The molecule has 1 heterocycles. The molecular formula is C23H34O14. The van der Waals surface area contributed by atoms with Crippen molar-refractivity contribution in [2.24, 2.45) is 5.92 Å². The first-order valence-electron chi connectivity index (χ1n) is 11.5. The van der Waals surface area contributed by atoms with Gasteiger partial charge in [-0.3, -0.25) is 9.59 Å². The van der Waals surface area contributed by atoms with Gasteiger partial charge in [-0.2, -0.15) is 0 Å². The minimum Gasteiger partial charge on any atom is -0.507 e. The summed E-state index contributed by atoms with van der Waals surface area (Å²) in [6, 6.07) is 0. The number of Topliss-reactive ketones (excluding diaryl/α,β-unsaturated/α-hetero) is 2. The lowest BCUT2D eigenvalue weighted by Gasteiger charge is -2.42. The second kappa shape index (κ2) is 12.1. The molecule has 0 aromatic heterocycles. The topological polar surface area (TPSA) is 266 Å². The number of carbonyl (C=O) groups excluding carboxylic acids is 2. The van der Waals surface area contributed by atoms with E-state index in [0.29, 0.717) is 0 Å². The fraction of sp³-hybridized carbons (Fsp3) is 0.652. The molecule has 2 aliphatic rings. The van der Waals surface area contributed by atoms with Gasteiger partial charge in [0.15, 0.2) is 0 Å². The molecule has 0 aromatic rings. The molecule has 1 fully saturated rings. The molecule has 10 unspecified atom stereocenters. The van der Waals surface area contributed by atoms with Crippen LogP contribution in [-0.4, -0.2) is 135 Å². The van der Waals surface area contributed by atoms with Gasteiger partial charge in [-0.1, -0.05) is 13.0 Å². The Labute approximate surface area is 211 Å². The largest absolute Gasteiger partial charge is 0.507 e. The molecular weight excluding hydrogens is 500 g/mol. The summed E-state index contributed by atoms with van der Waals surface area (Å²) in [6.45, 7) is 1.73. The fourth-order valence-corrected chi connectivity index (χ4v) is 4.26. The Hall–Kier alpha value is -2.24. The lowest BCUT2D eigenvalue weighted by Crippen LogP contribution is -2.66. The molecule has 210 valence electrons. The van der Waals surface area contributed by atoms with Gasteiger partial charge >= 0.3 is 0 Å². The third kappa shape index (κ3) is 5.49. The van der Waals surface area contributed by atoms with E-state index in [2.05, 4.69) is 0 Å². The summed E-state index contributed by atoms with van der Waals surface area (Å²) < 4.78 is 5.21. The number of ketones is 2. The van der Waals surface area contributed by atoms with Gasteiger partial charge in [-0.25, -0.2) is 0 Å². The zero-order chi connectivity index (χ0) is 28.4. The minimum atomic E-state index is -3.72. The molecule has 10 atom stereocenters. The number of allylic oxidation sites excluding steroid dienone is 3. The van der Waals surface area contributed by atoms with Gasteiger partial charge in [0, 0.05) is 12.5 Å². The Bertz CT molecular complexity index is 957. The number of carbonyl (C=O) groups is 2. The van der Waals surface area contributed by atoms with Crippen molar-refractivity contribution in [1.29, 1.82) is 0 Å². The van der Waals surface area contributed by atoms with Crippen molar-refractivity contribution in [1.82, 2.24) is 0 Å². The summed E-state index contributed by atoms with van der Waals surface area (Å²) in [6.07, 6.45) is -14.8. The average molecular weight is 535 g/mol. The van der Waals surface area contributed by atoms with Crippen LogP contribution in [0.25, 0.3) is 0 Å². The molecule has 0 amide bonds. The summed E-state index contributed by atoms with van der Waals surface area (Å²) in [4.78, 5) is 26.6. The van der Waals surface area contributed by atoms with Gasteiger partial charge in [-0.15, -0.1) is 0 Å². The monoisotopic (exact) mass is 534 g/mol. The van der Waals surface area contributed by atoms with E-state index in [9.17, 15) is 60.7 Å². The van der Waals surface area contributed by atoms with Gasteiger partial charge in [0.25, 0.3) is 0 Å². The predicted octanol–water partition coefficient (Wildman–Crippen LogP) is -3.99. The first-order valence-corrected chi connectivity index (χ1v) is 11.5. The van der Waals surface area contributed by atoms with Crippen LogP contribution in [0.1, 0.15) is 20.3 Å². The van der Waals surface area contributed by atoms with E-state index in [4.69, 9.17) is 9.84 Å². The highest BCUT2D eigenvalue weighted by molar-refractivity contribution is 6.28. The molecule has 11 N–H and O–H groups in total. The molecule has 0 saturated carbocycles. The predicted molar refractivity (Wildman–Crippen MR) is 122 cm³/mol.